The number of carbonyl (C=O) groups is 1. The molecule has 0 aliphatic rings. The van der Waals surface area contributed by atoms with Crippen LogP contribution in [-0.2, 0) is 4.79 Å². The van der Waals surface area contributed by atoms with Gasteiger partial charge in [0.2, 0.25) is 0 Å². The minimum atomic E-state index is -0.163. The molecule has 3 heteroatoms. The van der Waals surface area contributed by atoms with E-state index in [2.05, 4.69) is 31.3 Å². The van der Waals surface area contributed by atoms with Crippen molar-refractivity contribution >= 4 is 22.4 Å². The Hall–Kier alpha value is -2.81. The van der Waals surface area contributed by atoms with Crippen LogP contribution in [0.4, 0.5) is 5.69 Å². The first kappa shape index (κ1) is 17.0. The molecule has 25 heavy (non-hydrogen) atoms. The van der Waals surface area contributed by atoms with Gasteiger partial charge in [-0.3, -0.25) is 4.79 Å². The summed E-state index contributed by atoms with van der Waals surface area (Å²) in [6, 6.07) is 21.8. The van der Waals surface area contributed by atoms with Crippen LogP contribution >= 0.6 is 0 Å². The molecule has 0 bridgehead atoms. The van der Waals surface area contributed by atoms with Crippen LogP contribution in [0.5, 0.6) is 5.75 Å². The molecule has 0 heterocycles. The molecule has 3 aromatic carbocycles. The first-order chi connectivity index (χ1) is 12.2. The molecule has 0 saturated carbocycles. The summed E-state index contributed by atoms with van der Waals surface area (Å²) in [4.78, 5) is 12.2. The highest BCUT2D eigenvalue weighted by molar-refractivity contribution is 5.93. The molecule has 3 nitrogen and oxygen atoms in total. The highest BCUT2D eigenvalue weighted by Crippen LogP contribution is 2.25. The first-order valence-corrected chi connectivity index (χ1v) is 8.67. The lowest BCUT2D eigenvalue weighted by Gasteiger charge is -2.12. The molecule has 1 amide bonds. The van der Waals surface area contributed by atoms with Crippen molar-refractivity contribution in [3.8, 4) is 5.75 Å². The lowest BCUT2D eigenvalue weighted by atomic mass is 9.99. The Kier molecular flexibility index (Phi) is 5.34. The van der Waals surface area contributed by atoms with Crippen molar-refractivity contribution in [2.45, 2.75) is 26.2 Å². The van der Waals surface area contributed by atoms with Crippen LogP contribution in [0.2, 0.25) is 0 Å². The molecule has 3 aromatic rings. The van der Waals surface area contributed by atoms with Gasteiger partial charge in [0.25, 0.3) is 5.91 Å². The maximum atomic E-state index is 12.2. The average molecular weight is 333 g/mol. The van der Waals surface area contributed by atoms with Crippen LogP contribution in [-0.4, -0.2) is 12.5 Å². The third-order valence-electron chi connectivity index (χ3n) is 4.48. The fourth-order valence-corrected chi connectivity index (χ4v) is 2.79. The molecule has 0 unspecified atom stereocenters. The number of amides is 1. The van der Waals surface area contributed by atoms with Crippen molar-refractivity contribution in [3.05, 3.63) is 72.3 Å². The van der Waals surface area contributed by atoms with E-state index in [0.717, 1.165) is 28.6 Å². The summed E-state index contributed by atoms with van der Waals surface area (Å²) < 4.78 is 5.72. The summed E-state index contributed by atoms with van der Waals surface area (Å²) >= 11 is 0. The lowest BCUT2D eigenvalue weighted by molar-refractivity contribution is -0.118. The van der Waals surface area contributed by atoms with Gasteiger partial charge in [-0.2, -0.15) is 0 Å². The monoisotopic (exact) mass is 333 g/mol. The van der Waals surface area contributed by atoms with Gasteiger partial charge in [0.15, 0.2) is 6.61 Å². The van der Waals surface area contributed by atoms with Gasteiger partial charge in [0.1, 0.15) is 5.75 Å². The molecule has 3 rings (SSSR count). The van der Waals surface area contributed by atoms with Gasteiger partial charge < -0.3 is 10.1 Å². The van der Waals surface area contributed by atoms with Gasteiger partial charge in [-0.1, -0.05) is 62.4 Å². The molecular weight excluding hydrogens is 310 g/mol. The fraction of sp³-hybridized carbons (Fsp3) is 0.227. The Morgan fingerprint density at radius 2 is 1.72 bits per heavy atom. The molecule has 0 aromatic heterocycles. The molecule has 128 valence electrons. The highest BCUT2D eigenvalue weighted by Gasteiger charge is 2.07. The predicted molar refractivity (Wildman–Crippen MR) is 103 cm³/mol. The molecule has 1 N–H and O–H groups in total. The number of nitrogens with one attached hydrogen (secondary N) is 1. The van der Waals surface area contributed by atoms with E-state index in [9.17, 15) is 4.79 Å². The summed E-state index contributed by atoms with van der Waals surface area (Å²) in [6.45, 7) is 4.36. The number of hydrogen-bond donors (Lipinski definition) is 1. The van der Waals surface area contributed by atoms with Crippen molar-refractivity contribution in [2.24, 2.45) is 0 Å². The maximum Gasteiger partial charge on any atom is 0.262 e. The van der Waals surface area contributed by atoms with Crippen LogP contribution in [0.25, 0.3) is 10.8 Å². The largest absolute Gasteiger partial charge is 0.483 e. The molecule has 0 aliphatic carbocycles. The zero-order valence-corrected chi connectivity index (χ0v) is 14.7. The van der Waals surface area contributed by atoms with Gasteiger partial charge in [-0.05, 0) is 41.5 Å². The van der Waals surface area contributed by atoms with E-state index in [0.29, 0.717) is 5.92 Å². The predicted octanol–water partition coefficient (Wildman–Crippen LogP) is 5.37. The van der Waals surface area contributed by atoms with Crippen LogP contribution < -0.4 is 10.1 Å². The van der Waals surface area contributed by atoms with E-state index in [1.165, 1.54) is 5.56 Å². The molecule has 0 fully saturated rings. The Labute approximate surface area is 148 Å². The fourth-order valence-electron chi connectivity index (χ4n) is 2.79. The van der Waals surface area contributed by atoms with Crippen molar-refractivity contribution < 1.29 is 9.53 Å². The summed E-state index contributed by atoms with van der Waals surface area (Å²) in [5, 5.41) is 4.99. The first-order valence-electron chi connectivity index (χ1n) is 8.67. The Balaban J connectivity index is 1.61. The second-order valence-corrected chi connectivity index (χ2v) is 6.25. The topological polar surface area (TPSA) is 38.3 Å². The van der Waals surface area contributed by atoms with Crippen LogP contribution in [0.15, 0.2) is 66.7 Å². The molecule has 0 saturated heterocycles. The third-order valence-corrected chi connectivity index (χ3v) is 4.48. The van der Waals surface area contributed by atoms with E-state index in [-0.39, 0.29) is 12.5 Å². The summed E-state index contributed by atoms with van der Waals surface area (Å²) in [7, 11) is 0. The molecule has 0 radical (unpaired) electrons. The minimum Gasteiger partial charge on any atom is -0.483 e. The second kappa shape index (κ2) is 7.84. The number of anilines is 1. The normalized spacial score (nSPS) is 11.9. The smallest absolute Gasteiger partial charge is 0.262 e. The zero-order valence-electron chi connectivity index (χ0n) is 14.7. The Morgan fingerprint density at radius 1 is 1.00 bits per heavy atom. The van der Waals surface area contributed by atoms with Crippen molar-refractivity contribution in [1.82, 2.24) is 0 Å². The summed E-state index contributed by atoms with van der Waals surface area (Å²) in [6.07, 6.45) is 1.10. The standard InChI is InChI=1S/C22H23NO2/c1-3-16(2)17-11-13-19(14-12-17)23-22(24)15-25-21-10-6-8-18-7-4-5-9-20(18)21/h4-14,16H,3,15H2,1-2H3,(H,23,24)/t16-/m0/s1. The number of carbonyl (C=O) groups excluding carboxylic acids is 1. The van der Waals surface area contributed by atoms with Gasteiger partial charge in [0, 0.05) is 11.1 Å². The summed E-state index contributed by atoms with van der Waals surface area (Å²) in [5.41, 5.74) is 2.08. The van der Waals surface area contributed by atoms with Crippen molar-refractivity contribution in [3.63, 3.8) is 0 Å². The summed E-state index contributed by atoms with van der Waals surface area (Å²) in [5.74, 6) is 1.09. The van der Waals surface area contributed by atoms with Crippen molar-refractivity contribution in [2.75, 3.05) is 11.9 Å². The van der Waals surface area contributed by atoms with E-state index in [1.807, 2.05) is 54.6 Å². The number of benzene rings is 3. The van der Waals surface area contributed by atoms with Crippen LogP contribution in [0.3, 0.4) is 0 Å². The Bertz CT molecular complexity index is 850. The van der Waals surface area contributed by atoms with Crippen molar-refractivity contribution in [1.29, 1.82) is 0 Å². The number of fused-ring (bicyclic) bond motifs is 1. The van der Waals surface area contributed by atoms with E-state index in [4.69, 9.17) is 4.74 Å². The van der Waals surface area contributed by atoms with Crippen LogP contribution in [0.1, 0.15) is 31.7 Å². The number of ether oxygens (including phenoxy) is 1. The quantitative estimate of drug-likeness (QED) is 0.658. The minimum absolute atomic E-state index is 0.0128. The molecule has 0 spiro atoms. The average Bonchev–Trinajstić information content (AvgIpc) is 2.66. The SMILES string of the molecule is CC[C@H](C)c1ccc(NC(=O)COc2cccc3ccccc23)cc1. The van der Waals surface area contributed by atoms with E-state index >= 15 is 0 Å². The van der Waals surface area contributed by atoms with E-state index in [1.54, 1.807) is 0 Å². The van der Waals surface area contributed by atoms with Gasteiger partial charge in [-0.15, -0.1) is 0 Å². The lowest BCUT2D eigenvalue weighted by Crippen LogP contribution is -2.20. The highest BCUT2D eigenvalue weighted by atomic mass is 16.5. The second-order valence-electron chi connectivity index (χ2n) is 6.25. The number of hydrogen-bond acceptors (Lipinski definition) is 2. The number of rotatable bonds is 6. The maximum absolute atomic E-state index is 12.2. The van der Waals surface area contributed by atoms with Gasteiger partial charge in [0.05, 0.1) is 0 Å². The molecular formula is C22H23NO2. The van der Waals surface area contributed by atoms with Gasteiger partial charge >= 0.3 is 0 Å². The van der Waals surface area contributed by atoms with Gasteiger partial charge in [-0.25, -0.2) is 0 Å². The third kappa shape index (κ3) is 4.18. The zero-order chi connectivity index (χ0) is 17.6. The molecule has 1 atom stereocenters. The van der Waals surface area contributed by atoms with E-state index < -0.39 is 0 Å². The van der Waals surface area contributed by atoms with Crippen LogP contribution in [0, 0.1) is 0 Å². The Morgan fingerprint density at radius 3 is 2.48 bits per heavy atom. The molecule has 0 aliphatic heterocycles.